The van der Waals surface area contributed by atoms with E-state index in [1.807, 2.05) is 7.05 Å². The molecule has 1 aromatic heterocycles. The molecule has 0 aliphatic carbocycles. The van der Waals surface area contributed by atoms with Gasteiger partial charge in [0.25, 0.3) is 0 Å². The number of ether oxygens (including phenoxy) is 1. The van der Waals surface area contributed by atoms with Gasteiger partial charge < -0.3 is 20.3 Å². The number of hydrogen-bond donors (Lipinski definition) is 2. The summed E-state index contributed by atoms with van der Waals surface area (Å²) in [5, 5.41) is 11.4. The fourth-order valence-electron chi connectivity index (χ4n) is 3.03. The van der Waals surface area contributed by atoms with Crippen molar-refractivity contribution in [1.82, 2.24) is 15.5 Å². The highest BCUT2D eigenvalue weighted by Gasteiger charge is 2.20. The lowest BCUT2D eigenvalue weighted by atomic mass is 10.0. The number of hydrogen-bond acceptors (Lipinski definition) is 4. The first-order chi connectivity index (χ1) is 12.1. The fraction of sp³-hybridized carbons (Fsp3) is 0.737. The Labute approximate surface area is 156 Å². The number of thiophene rings is 1. The van der Waals surface area contributed by atoms with E-state index >= 15 is 0 Å². The maximum Gasteiger partial charge on any atom is 0.191 e. The molecule has 1 fully saturated rings. The maximum absolute atomic E-state index is 5.65. The highest BCUT2D eigenvalue weighted by atomic mass is 32.1. The highest BCUT2D eigenvalue weighted by Crippen LogP contribution is 2.17. The van der Waals surface area contributed by atoms with E-state index in [1.165, 1.54) is 5.56 Å². The Morgan fingerprint density at radius 1 is 1.36 bits per heavy atom. The fourth-order valence-corrected chi connectivity index (χ4v) is 3.81. The molecule has 142 valence electrons. The second-order valence-electron chi connectivity index (χ2n) is 7.09. The minimum atomic E-state index is 0.324. The molecule has 1 aliphatic heterocycles. The molecule has 0 bridgehead atoms. The molecule has 5 nitrogen and oxygen atoms in total. The third-order valence-corrected chi connectivity index (χ3v) is 5.40. The van der Waals surface area contributed by atoms with Crippen molar-refractivity contribution in [2.24, 2.45) is 4.99 Å². The van der Waals surface area contributed by atoms with Crippen LogP contribution in [0.15, 0.2) is 21.8 Å². The molecule has 1 atom stereocenters. The van der Waals surface area contributed by atoms with Crippen LogP contribution in [0.2, 0.25) is 0 Å². The van der Waals surface area contributed by atoms with Crippen molar-refractivity contribution in [2.75, 3.05) is 39.8 Å². The zero-order valence-electron chi connectivity index (χ0n) is 16.1. The summed E-state index contributed by atoms with van der Waals surface area (Å²) < 4.78 is 5.65. The van der Waals surface area contributed by atoms with E-state index in [0.29, 0.717) is 18.1 Å². The van der Waals surface area contributed by atoms with Gasteiger partial charge in [-0.2, -0.15) is 11.3 Å². The second-order valence-corrected chi connectivity index (χ2v) is 7.87. The highest BCUT2D eigenvalue weighted by molar-refractivity contribution is 7.07. The zero-order valence-corrected chi connectivity index (χ0v) is 16.9. The van der Waals surface area contributed by atoms with Gasteiger partial charge in [-0.05, 0) is 55.0 Å². The van der Waals surface area contributed by atoms with Gasteiger partial charge in [0.2, 0.25) is 0 Å². The Hall–Kier alpha value is -1.11. The molecule has 0 aromatic carbocycles. The lowest BCUT2D eigenvalue weighted by Gasteiger charge is -2.33. The van der Waals surface area contributed by atoms with Crippen LogP contribution in [0, 0.1) is 0 Å². The summed E-state index contributed by atoms with van der Waals surface area (Å²) in [7, 11) is 1.85. The molecule has 0 spiro atoms. The van der Waals surface area contributed by atoms with E-state index in [2.05, 4.69) is 58.1 Å². The molecule has 0 saturated carbocycles. The summed E-state index contributed by atoms with van der Waals surface area (Å²) in [6.07, 6.45) is 2.63. The largest absolute Gasteiger partial charge is 0.377 e. The summed E-state index contributed by atoms with van der Waals surface area (Å²) in [5.74, 6) is 1.41. The van der Waals surface area contributed by atoms with Crippen LogP contribution >= 0.6 is 11.3 Å². The van der Waals surface area contributed by atoms with Crippen molar-refractivity contribution in [1.29, 1.82) is 0 Å². The Bertz CT molecular complexity index is 496. The Balaban J connectivity index is 1.65. The Morgan fingerprint density at radius 2 is 2.12 bits per heavy atom. The van der Waals surface area contributed by atoms with Gasteiger partial charge in [-0.25, -0.2) is 0 Å². The summed E-state index contributed by atoms with van der Waals surface area (Å²) in [4.78, 5) is 6.88. The molecule has 0 radical (unpaired) electrons. The summed E-state index contributed by atoms with van der Waals surface area (Å²) in [6, 6.07) is 2.70. The SMILES string of the molecule is CN=C(NCC(C)c1ccsc1)NC1CCN(CCOC(C)C)CC1. The molecule has 1 aromatic rings. The standard InChI is InChI=1S/C19H34N4OS/c1-15(2)24-11-10-23-8-5-18(6-9-23)22-19(20-4)21-13-16(3)17-7-12-25-14-17/h7,12,14-16,18H,5-6,8-11,13H2,1-4H3,(H2,20,21,22). The molecule has 2 rings (SSSR count). The predicted molar refractivity (Wildman–Crippen MR) is 108 cm³/mol. The van der Waals surface area contributed by atoms with Crippen LogP contribution in [0.5, 0.6) is 0 Å². The van der Waals surface area contributed by atoms with Crippen molar-refractivity contribution in [3.05, 3.63) is 22.4 Å². The Kier molecular flexibility index (Phi) is 8.72. The number of aliphatic imine (C=N–C) groups is 1. The third-order valence-electron chi connectivity index (χ3n) is 4.70. The molecule has 0 amide bonds. The van der Waals surface area contributed by atoms with E-state index in [1.54, 1.807) is 11.3 Å². The molecule has 1 unspecified atom stereocenters. The maximum atomic E-state index is 5.65. The summed E-state index contributed by atoms with van der Waals surface area (Å²) >= 11 is 1.76. The van der Waals surface area contributed by atoms with Crippen LogP contribution in [0.25, 0.3) is 0 Å². The monoisotopic (exact) mass is 366 g/mol. The average Bonchev–Trinajstić information content (AvgIpc) is 3.14. The number of piperidine rings is 1. The normalized spacial score (nSPS) is 18.5. The number of nitrogens with zero attached hydrogens (tertiary/aromatic N) is 2. The quantitative estimate of drug-likeness (QED) is 0.549. The van der Waals surface area contributed by atoms with Gasteiger partial charge in [0, 0.05) is 39.3 Å². The second kappa shape index (κ2) is 10.8. The van der Waals surface area contributed by atoms with Crippen molar-refractivity contribution in [3.8, 4) is 0 Å². The number of guanidine groups is 1. The van der Waals surface area contributed by atoms with E-state index < -0.39 is 0 Å². The molecular formula is C19H34N4OS. The van der Waals surface area contributed by atoms with Crippen LogP contribution in [-0.2, 0) is 4.74 Å². The lowest BCUT2D eigenvalue weighted by Crippen LogP contribution is -2.49. The molecule has 1 aliphatic rings. The number of nitrogens with one attached hydrogen (secondary N) is 2. The van der Waals surface area contributed by atoms with Crippen LogP contribution in [0.1, 0.15) is 45.1 Å². The molecule has 1 saturated heterocycles. The first-order valence-corrected chi connectivity index (χ1v) is 10.4. The van der Waals surface area contributed by atoms with Gasteiger partial charge in [0.05, 0.1) is 12.7 Å². The van der Waals surface area contributed by atoms with Gasteiger partial charge in [0.15, 0.2) is 5.96 Å². The van der Waals surface area contributed by atoms with Gasteiger partial charge in [-0.1, -0.05) is 6.92 Å². The number of likely N-dealkylation sites (tertiary alicyclic amines) is 1. The van der Waals surface area contributed by atoms with Crippen LogP contribution in [0.4, 0.5) is 0 Å². The van der Waals surface area contributed by atoms with Gasteiger partial charge in [-0.3, -0.25) is 4.99 Å². The smallest absolute Gasteiger partial charge is 0.191 e. The Morgan fingerprint density at radius 3 is 2.72 bits per heavy atom. The van der Waals surface area contributed by atoms with E-state index in [4.69, 9.17) is 4.74 Å². The van der Waals surface area contributed by atoms with Crippen molar-refractivity contribution in [3.63, 3.8) is 0 Å². The van der Waals surface area contributed by atoms with E-state index in [-0.39, 0.29) is 0 Å². The number of rotatable bonds is 8. The minimum absolute atomic E-state index is 0.324. The average molecular weight is 367 g/mol. The lowest BCUT2D eigenvalue weighted by molar-refractivity contribution is 0.0532. The molecule has 6 heteroatoms. The first-order valence-electron chi connectivity index (χ1n) is 9.41. The first kappa shape index (κ1) is 20.2. The molecule has 2 N–H and O–H groups in total. The van der Waals surface area contributed by atoms with Gasteiger partial charge in [-0.15, -0.1) is 0 Å². The van der Waals surface area contributed by atoms with Crippen LogP contribution in [-0.4, -0.2) is 62.8 Å². The minimum Gasteiger partial charge on any atom is -0.377 e. The third kappa shape index (κ3) is 7.34. The topological polar surface area (TPSA) is 48.9 Å². The van der Waals surface area contributed by atoms with Crippen LogP contribution in [0.3, 0.4) is 0 Å². The van der Waals surface area contributed by atoms with Crippen molar-refractivity contribution in [2.45, 2.75) is 51.7 Å². The molecular weight excluding hydrogens is 332 g/mol. The van der Waals surface area contributed by atoms with Crippen molar-refractivity contribution < 1.29 is 4.74 Å². The summed E-state index contributed by atoms with van der Waals surface area (Å²) in [5.41, 5.74) is 1.39. The van der Waals surface area contributed by atoms with E-state index in [0.717, 1.165) is 51.6 Å². The van der Waals surface area contributed by atoms with Crippen LogP contribution < -0.4 is 10.6 Å². The van der Waals surface area contributed by atoms with Crippen molar-refractivity contribution >= 4 is 17.3 Å². The van der Waals surface area contributed by atoms with Gasteiger partial charge >= 0.3 is 0 Å². The zero-order chi connectivity index (χ0) is 18.1. The van der Waals surface area contributed by atoms with E-state index in [9.17, 15) is 0 Å². The summed E-state index contributed by atoms with van der Waals surface area (Å²) in [6.45, 7) is 11.5. The molecule has 25 heavy (non-hydrogen) atoms. The van der Waals surface area contributed by atoms with Gasteiger partial charge in [0.1, 0.15) is 0 Å². The predicted octanol–water partition coefficient (Wildman–Crippen LogP) is 2.91. The molecule has 2 heterocycles.